The van der Waals surface area contributed by atoms with Crippen molar-refractivity contribution in [3.63, 3.8) is 0 Å². The van der Waals surface area contributed by atoms with Crippen LogP contribution in [-0.4, -0.2) is 17.9 Å². The predicted molar refractivity (Wildman–Crippen MR) is 78.7 cm³/mol. The lowest BCUT2D eigenvalue weighted by molar-refractivity contribution is -0.120. The van der Waals surface area contributed by atoms with Crippen LogP contribution >= 0.6 is 0 Å². The molecule has 0 heterocycles. The van der Waals surface area contributed by atoms with Gasteiger partial charge in [-0.15, -0.1) is 0 Å². The number of hydrogen-bond donors (Lipinski definition) is 1. The Hall–Kier alpha value is -2.49. The fraction of sp³-hybridized carbons (Fsp3) is 0.176. The largest absolute Gasteiger partial charge is 0.346 e. The minimum atomic E-state index is -1.83. The standard InChI is InChI=1S/C17H16FNO2/c1-12(20)19-16(13-8-4-2-5-9-13)15(18)17(21)14-10-6-3-7-11-14/h2-11,15-16H,1H3,(H,19,20). The molecule has 0 fully saturated rings. The number of Topliss-reactive ketones (excluding diaryl/α,β-unsaturated/α-hetero) is 1. The first-order valence-electron chi connectivity index (χ1n) is 6.65. The molecule has 0 saturated heterocycles. The zero-order chi connectivity index (χ0) is 15.2. The average molecular weight is 285 g/mol. The first kappa shape index (κ1) is 14.9. The van der Waals surface area contributed by atoms with Gasteiger partial charge in [0.05, 0.1) is 6.04 Å². The molecule has 0 bridgehead atoms. The molecule has 2 unspecified atom stereocenters. The van der Waals surface area contributed by atoms with Crippen molar-refractivity contribution in [2.45, 2.75) is 19.1 Å². The number of hydrogen-bond acceptors (Lipinski definition) is 2. The SMILES string of the molecule is CC(=O)NC(c1ccccc1)C(F)C(=O)c1ccccc1. The van der Waals surface area contributed by atoms with E-state index in [0.717, 1.165) is 0 Å². The maximum absolute atomic E-state index is 14.6. The third-order valence-corrected chi connectivity index (χ3v) is 3.12. The third kappa shape index (κ3) is 3.75. The fourth-order valence-electron chi connectivity index (χ4n) is 2.12. The summed E-state index contributed by atoms with van der Waals surface area (Å²) >= 11 is 0. The van der Waals surface area contributed by atoms with E-state index >= 15 is 0 Å². The van der Waals surface area contributed by atoms with Gasteiger partial charge in [0.1, 0.15) is 0 Å². The maximum atomic E-state index is 14.6. The van der Waals surface area contributed by atoms with Crippen LogP contribution in [0.3, 0.4) is 0 Å². The van der Waals surface area contributed by atoms with Crippen molar-refractivity contribution in [2.24, 2.45) is 0 Å². The van der Waals surface area contributed by atoms with Crippen molar-refractivity contribution in [2.75, 3.05) is 0 Å². The lowest BCUT2D eigenvalue weighted by atomic mass is 9.96. The van der Waals surface area contributed by atoms with Gasteiger partial charge in [0, 0.05) is 12.5 Å². The first-order chi connectivity index (χ1) is 10.1. The molecule has 2 atom stereocenters. The van der Waals surface area contributed by atoms with Gasteiger partial charge in [0.15, 0.2) is 12.0 Å². The number of alkyl halides is 1. The van der Waals surface area contributed by atoms with E-state index < -0.39 is 18.0 Å². The first-order valence-corrected chi connectivity index (χ1v) is 6.65. The van der Waals surface area contributed by atoms with Gasteiger partial charge in [-0.1, -0.05) is 60.7 Å². The quantitative estimate of drug-likeness (QED) is 0.858. The van der Waals surface area contributed by atoms with Crippen LogP contribution in [0.4, 0.5) is 4.39 Å². The summed E-state index contributed by atoms with van der Waals surface area (Å²) in [6.45, 7) is 1.30. The van der Waals surface area contributed by atoms with E-state index in [0.29, 0.717) is 5.56 Å². The number of amides is 1. The van der Waals surface area contributed by atoms with Crippen molar-refractivity contribution in [1.29, 1.82) is 0 Å². The molecular weight excluding hydrogens is 269 g/mol. The third-order valence-electron chi connectivity index (χ3n) is 3.12. The van der Waals surface area contributed by atoms with E-state index in [2.05, 4.69) is 5.32 Å². The lowest BCUT2D eigenvalue weighted by Crippen LogP contribution is -2.37. The van der Waals surface area contributed by atoms with Gasteiger partial charge in [0.25, 0.3) is 0 Å². The summed E-state index contributed by atoms with van der Waals surface area (Å²) in [7, 11) is 0. The molecule has 0 aromatic heterocycles. The number of rotatable bonds is 5. The molecule has 2 aromatic rings. The molecule has 0 radical (unpaired) electrons. The van der Waals surface area contributed by atoms with Crippen LogP contribution in [0.2, 0.25) is 0 Å². The molecule has 108 valence electrons. The zero-order valence-corrected chi connectivity index (χ0v) is 11.6. The molecule has 21 heavy (non-hydrogen) atoms. The highest BCUT2D eigenvalue weighted by molar-refractivity contribution is 6.00. The van der Waals surface area contributed by atoms with Crippen molar-refractivity contribution < 1.29 is 14.0 Å². The van der Waals surface area contributed by atoms with E-state index in [1.807, 2.05) is 0 Å². The predicted octanol–water partition coefficient (Wildman–Crippen LogP) is 3.08. The van der Waals surface area contributed by atoms with Crippen LogP contribution in [0, 0.1) is 0 Å². The van der Waals surface area contributed by atoms with Crippen LogP contribution in [0.15, 0.2) is 60.7 Å². The number of carbonyl (C=O) groups is 2. The van der Waals surface area contributed by atoms with Gasteiger partial charge >= 0.3 is 0 Å². The molecule has 2 aromatic carbocycles. The Labute approximate surface area is 122 Å². The Morgan fingerprint density at radius 1 is 0.952 bits per heavy atom. The molecule has 3 nitrogen and oxygen atoms in total. The van der Waals surface area contributed by atoms with E-state index in [1.165, 1.54) is 6.92 Å². The Morgan fingerprint density at radius 2 is 1.48 bits per heavy atom. The van der Waals surface area contributed by atoms with Crippen LogP contribution in [0.5, 0.6) is 0 Å². The highest BCUT2D eigenvalue weighted by Crippen LogP contribution is 2.22. The van der Waals surface area contributed by atoms with Crippen molar-refractivity contribution in [3.05, 3.63) is 71.8 Å². The normalized spacial score (nSPS) is 13.2. The molecule has 0 aliphatic carbocycles. The highest BCUT2D eigenvalue weighted by Gasteiger charge is 2.30. The maximum Gasteiger partial charge on any atom is 0.217 e. The Balaban J connectivity index is 2.28. The second-order valence-electron chi connectivity index (χ2n) is 4.72. The van der Waals surface area contributed by atoms with Crippen molar-refractivity contribution >= 4 is 11.7 Å². The summed E-state index contributed by atoms with van der Waals surface area (Å²) < 4.78 is 14.6. The summed E-state index contributed by atoms with van der Waals surface area (Å²) in [5.41, 5.74) is 0.848. The van der Waals surface area contributed by atoms with E-state index in [-0.39, 0.29) is 11.5 Å². The Kier molecular flexibility index (Phi) is 4.82. The molecule has 4 heteroatoms. The van der Waals surface area contributed by atoms with Gasteiger partial charge in [0.2, 0.25) is 5.91 Å². The molecule has 0 spiro atoms. The number of nitrogens with one attached hydrogen (secondary N) is 1. The molecular formula is C17H16FNO2. The van der Waals surface area contributed by atoms with E-state index in [9.17, 15) is 14.0 Å². The molecule has 1 amide bonds. The molecule has 0 saturated carbocycles. The molecule has 1 N–H and O–H groups in total. The minimum absolute atomic E-state index is 0.288. The summed E-state index contributed by atoms with van der Waals surface area (Å²) in [5.74, 6) is -1.02. The van der Waals surface area contributed by atoms with Gasteiger partial charge in [-0.2, -0.15) is 0 Å². The van der Waals surface area contributed by atoms with Crippen LogP contribution in [0.1, 0.15) is 28.9 Å². The summed E-state index contributed by atoms with van der Waals surface area (Å²) in [4.78, 5) is 23.5. The number of ketones is 1. The average Bonchev–Trinajstić information content (AvgIpc) is 2.53. The molecule has 0 aliphatic heterocycles. The number of carbonyl (C=O) groups excluding carboxylic acids is 2. The van der Waals surface area contributed by atoms with E-state index in [1.54, 1.807) is 60.7 Å². The van der Waals surface area contributed by atoms with Gasteiger partial charge in [-0.25, -0.2) is 4.39 Å². The Morgan fingerprint density at radius 3 is 2.00 bits per heavy atom. The smallest absolute Gasteiger partial charge is 0.217 e. The van der Waals surface area contributed by atoms with Crippen LogP contribution in [0.25, 0.3) is 0 Å². The second kappa shape index (κ2) is 6.79. The topological polar surface area (TPSA) is 46.2 Å². The van der Waals surface area contributed by atoms with Gasteiger partial charge in [-0.3, -0.25) is 9.59 Å². The lowest BCUT2D eigenvalue weighted by Gasteiger charge is -2.21. The van der Waals surface area contributed by atoms with Crippen molar-refractivity contribution in [3.8, 4) is 0 Å². The van der Waals surface area contributed by atoms with Gasteiger partial charge < -0.3 is 5.32 Å². The molecule has 0 aliphatic rings. The van der Waals surface area contributed by atoms with Crippen LogP contribution in [-0.2, 0) is 4.79 Å². The summed E-state index contributed by atoms with van der Waals surface area (Å²) in [5, 5.41) is 2.51. The fourth-order valence-corrected chi connectivity index (χ4v) is 2.12. The van der Waals surface area contributed by atoms with Crippen LogP contribution < -0.4 is 5.32 Å². The van der Waals surface area contributed by atoms with Crippen molar-refractivity contribution in [1.82, 2.24) is 5.32 Å². The summed E-state index contributed by atoms with van der Waals surface area (Å²) in [6.07, 6.45) is -1.83. The monoisotopic (exact) mass is 285 g/mol. The number of halogens is 1. The highest BCUT2D eigenvalue weighted by atomic mass is 19.1. The van der Waals surface area contributed by atoms with Gasteiger partial charge in [-0.05, 0) is 5.56 Å². The number of benzene rings is 2. The minimum Gasteiger partial charge on any atom is -0.346 e. The summed E-state index contributed by atoms with van der Waals surface area (Å²) in [6, 6.07) is 15.9. The van der Waals surface area contributed by atoms with E-state index in [4.69, 9.17) is 0 Å². The molecule has 2 rings (SSSR count). The second-order valence-corrected chi connectivity index (χ2v) is 4.72. The zero-order valence-electron chi connectivity index (χ0n) is 11.6. The Bertz CT molecular complexity index is 613.